The van der Waals surface area contributed by atoms with Gasteiger partial charge in [0, 0.05) is 11.9 Å². The second kappa shape index (κ2) is 3.52. The van der Waals surface area contributed by atoms with E-state index < -0.39 is 0 Å². The van der Waals surface area contributed by atoms with E-state index in [1.807, 2.05) is 13.0 Å². The van der Waals surface area contributed by atoms with Crippen LogP contribution in [0.25, 0.3) is 0 Å². The van der Waals surface area contributed by atoms with E-state index in [4.69, 9.17) is 0 Å². The van der Waals surface area contributed by atoms with Crippen molar-refractivity contribution in [2.24, 2.45) is 0 Å². The maximum atomic E-state index is 11.0. The van der Waals surface area contributed by atoms with E-state index in [0.29, 0.717) is 0 Å². The minimum absolute atomic E-state index is 0.130. The predicted octanol–water partition coefficient (Wildman–Crippen LogP) is 1.60. The molecule has 1 heterocycles. The Morgan fingerprint density at radius 1 is 1.75 bits per heavy atom. The summed E-state index contributed by atoms with van der Waals surface area (Å²) in [4.78, 5) is 11.0. The van der Waals surface area contributed by atoms with E-state index in [1.165, 1.54) is 0 Å². The second-order valence-electron chi connectivity index (χ2n) is 2.91. The van der Waals surface area contributed by atoms with Gasteiger partial charge in [0.25, 0.3) is 0 Å². The SMILES string of the molecule is CCc1ccnn1C(C)C(C)=O. The van der Waals surface area contributed by atoms with Crippen molar-refractivity contribution >= 4 is 5.78 Å². The summed E-state index contributed by atoms with van der Waals surface area (Å²) in [5.74, 6) is 0.147. The summed E-state index contributed by atoms with van der Waals surface area (Å²) >= 11 is 0. The van der Waals surface area contributed by atoms with Gasteiger partial charge in [-0.15, -0.1) is 0 Å². The van der Waals surface area contributed by atoms with Gasteiger partial charge in [0.1, 0.15) is 6.04 Å². The van der Waals surface area contributed by atoms with E-state index in [2.05, 4.69) is 12.0 Å². The van der Waals surface area contributed by atoms with Gasteiger partial charge in [0.05, 0.1) is 0 Å². The van der Waals surface area contributed by atoms with Crippen LogP contribution in [0, 0.1) is 0 Å². The van der Waals surface area contributed by atoms with Crippen LogP contribution < -0.4 is 0 Å². The molecular formula is C9H14N2O. The Morgan fingerprint density at radius 3 is 2.92 bits per heavy atom. The molecule has 66 valence electrons. The highest BCUT2D eigenvalue weighted by Gasteiger charge is 2.12. The maximum absolute atomic E-state index is 11.0. The van der Waals surface area contributed by atoms with E-state index >= 15 is 0 Å². The Balaban J connectivity index is 2.93. The summed E-state index contributed by atoms with van der Waals surface area (Å²) in [6, 6.07) is 1.81. The second-order valence-corrected chi connectivity index (χ2v) is 2.91. The summed E-state index contributed by atoms with van der Waals surface area (Å²) in [5, 5.41) is 4.10. The van der Waals surface area contributed by atoms with Crippen molar-refractivity contribution in [1.29, 1.82) is 0 Å². The molecule has 1 atom stereocenters. The standard InChI is InChI=1S/C9H14N2O/c1-4-9-5-6-10-11(9)7(2)8(3)12/h5-7H,4H2,1-3H3. The molecule has 3 nitrogen and oxygen atoms in total. The van der Waals surface area contributed by atoms with Gasteiger partial charge in [0.2, 0.25) is 0 Å². The van der Waals surface area contributed by atoms with E-state index in [-0.39, 0.29) is 11.8 Å². The van der Waals surface area contributed by atoms with Gasteiger partial charge >= 0.3 is 0 Å². The first kappa shape index (κ1) is 8.97. The lowest BCUT2D eigenvalue weighted by Gasteiger charge is -2.11. The van der Waals surface area contributed by atoms with Gasteiger partial charge in [-0.3, -0.25) is 9.48 Å². The zero-order valence-electron chi connectivity index (χ0n) is 7.74. The predicted molar refractivity (Wildman–Crippen MR) is 47.0 cm³/mol. The van der Waals surface area contributed by atoms with Crippen molar-refractivity contribution in [2.75, 3.05) is 0 Å². The fraction of sp³-hybridized carbons (Fsp3) is 0.556. The summed E-state index contributed by atoms with van der Waals surface area (Å²) in [7, 11) is 0. The fourth-order valence-corrected chi connectivity index (χ4v) is 1.14. The lowest BCUT2D eigenvalue weighted by molar-refractivity contribution is -0.119. The summed E-state index contributed by atoms with van der Waals surface area (Å²) in [6.45, 7) is 5.51. The Hall–Kier alpha value is -1.12. The number of aryl methyl sites for hydroxylation is 1. The molecule has 3 heteroatoms. The van der Waals surface area contributed by atoms with Gasteiger partial charge in [-0.1, -0.05) is 6.92 Å². The number of carbonyl (C=O) groups is 1. The smallest absolute Gasteiger partial charge is 0.154 e. The Bertz CT molecular complexity index is 278. The molecule has 1 rings (SSSR count). The zero-order chi connectivity index (χ0) is 9.14. The molecule has 0 amide bonds. The topological polar surface area (TPSA) is 34.9 Å². The monoisotopic (exact) mass is 166 g/mol. The minimum atomic E-state index is -0.130. The number of nitrogens with zero attached hydrogens (tertiary/aromatic N) is 2. The largest absolute Gasteiger partial charge is 0.298 e. The van der Waals surface area contributed by atoms with Gasteiger partial charge in [-0.2, -0.15) is 5.10 Å². The molecule has 0 fully saturated rings. The van der Waals surface area contributed by atoms with Crippen molar-refractivity contribution in [1.82, 2.24) is 9.78 Å². The molecule has 1 aromatic heterocycles. The summed E-state index contributed by atoms with van der Waals surface area (Å²) in [6.07, 6.45) is 2.65. The number of aromatic nitrogens is 2. The molecule has 0 bridgehead atoms. The lowest BCUT2D eigenvalue weighted by atomic mass is 10.2. The van der Waals surface area contributed by atoms with Crippen molar-refractivity contribution in [3.63, 3.8) is 0 Å². The maximum Gasteiger partial charge on any atom is 0.154 e. The van der Waals surface area contributed by atoms with Crippen LogP contribution in [0.1, 0.15) is 32.5 Å². The van der Waals surface area contributed by atoms with Gasteiger partial charge < -0.3 is 0 Å². The van der Waals surface area contributed by atoms with E-state index in [9.17, 15) is 4.79 Å². The molecule has 1 aromatic rings. The van der Waals surface area contributed by atoms with Crippen LogP contribution >= 0.6 is 0 Å². The molecule has 0 aliphatic rings. The quantitative estimate of drug-likeness (QED) is 0.683. The first-order valence-electron chi connectivity index (χ1n) is 4.19. The normalized spacial score (nSPS) is 12.9. The van der Waals surface area contributed by atoms with Crippen molar-refractivity contribution in [3.05, 3.63) is 18.0 Å². The highest BCUT2D eigenvalue weighted by Crippen LogP contribution is 2.09. The Kier molecular flexibility index (Phi) is 2.63. The average molecular weight is 166 g/mol. The zero-order valence-corrected chi connectivity index (χ0v) is 7.74. The first-order chi connectivity index (χ1) is 5.66. The molecule has 0 aliphatic carbocycles. The first-order valence-corrected chi connectivity index (χ1v) is 4.19. The molecule has 12 heavy (non-hydrogen) atoms. The van der Waals surface area contributed by atoms with E-state index in [0.717, 1.165) is 12.1 Å². The van der Waals surface area contributed by atoms with Crippen LogP contribution in [-0.2, 0) is 11.2 Å². The van der Waals surface area contributed by atoms with Gasteiger partial charge in [-0.25, -0.2) is 0 Å². The molecular weight excluding hydrogens is 152 g/mol. The van der Waals surface area contributed by atoms with Crippen LogP contribution in [-0.4, -0.2) is 15.6 Å². The molecule has 0 saturated carbocycles. The minimum Gasteiger partial charge on any atom is -0.298 e. The van der Waals surface area contributed by atoms with Crippen LogP contribution in [0.15, 0.2) is 12.3 Å². The van der Waals surface area contributed by atoms with Crippen LogP contribution in [0.3, 0.4) is 0 Å². The molecule has 0 radical (unpaired) electrons. The summed E-state index contributed by atoms with van der Waals surface area (Å²) < 4.78 is 1.78. The van der Waals surface area contributed by atoms with Crippen LogP contribution in [0.4, 0.5) is 0 Å². The number of hydrogen-bond donors (Lipinski definition) is 0. The number of hydrogen-bond acceptors (Lipinski definition) is 2. The fourth-order valence-electron chi connectivity index (χ4n) is 1.14. The van der Waals surface area contributed by atoms with Crippen molar-refractivity contribution in [3.8, 4) is 0 Å². The highest BCUT2D eigenvalue weighted by atomic mass is 16.1. The van der Waals surface area contributed by atoms with Gasteiger partial charge in [0.15, 0.2) is 5.78 Å². The molecule has 0 aliphatic heterocycles. The van der Waals surface area contributed by atoms with Crippen LogP contribution in [0.2, 0.25) is 0 Å². The highest BCUT2D eigenvalue weighted by molar-refractivity contribution is 5.79. The Morgan fingerprint density at radius 2 is 2.42 bits per heavy atom. The summed E-state index contributed by atoms with van der Waals surface area (Å²) in [5.41, 5.74) is 1.11. The molecule has 0 saturated heterocycles. The van der Waals surface area contributed by atoms with Gasteiger partial charge in [-0.05, 0) is 26.3 Å². The van der Waals surface area contributed by atoms with Crippen LogP contribution in [0.5, 0.6) is 0 Å². The van der Waals surface area contributed by atoms with E-state index in [1.54, 1.807) is 17.8 Å². The third kappa shape index (κ3) is 1.55. The Labute approximate surface area is 72.4 Å². The molecule has 0 N–H and O–H groups in total. The van der Waals surface area contributed by atoms with Crippen molar-refractivity contribution < 1.29 is 4.79 Å². The number of carbonyl (C=O) groups excluding carboxylic acids is 1. The third-order valence-corrected chi connectivity index (χ3v) is 2.07. The molecule has 1 unspecified atom stereocenters. The molecule has 0 spiro atoms. The number of rotatable bonds is 3. The average Bonchev–Trinajstić information content (AvgIpc) is 2.49. The number of ketones is 1. The number of Topliss-reactive ketones (excluding diaryl/α,β-unsaturated/α-hetero) is 1. The lowest BCUT2D eigenvalue weighted by Crippen LogP contribution is -2.16. The van der Waals surface area contributed by atoms with Crippen molar-refractivity contribution in [2.45, 2.75) is 33.2 Å². The third-order valence-electron chi connectivity index (χ3n) is 2.07. The molecule has 0 aromatic carbocycles.